The van der Waals surface area contributed by atoms with E-state index < -0.39 is 5.97 Å². The normalized spacial score (nSPS) is 15.4. The van der Waals surface area contributed by atoms with Crippen molar-refractivity contribution in [2.75, 3.05) is 39.3 Å². The molecule has 3 aromatic carbocycles. The molecule has 208 valence electrons. The molecule has 5 rings (SSSR count). The Hall–Kier alpha value is -3.94. The first-order valence-electron chi connectivity index (χ1n) is 13.9. The molecular formula is C33H36N2O5. The maximum atomic E-state index is 13.1. The van der Waals surface area contributed by atoms with E-state index in [1.807, 2.05) is 12.1 Å². The minimum absolute atomic E-state index is 0.0455. The molecule has 3 aromatic rings. The van der Waals surface area contributed by atoms with Crippen LogP contribution in [-0.2, 0) is 0 Å². The third-order valence-corrected chi connectivity index (χ3v) is 7.58. The van der Waals surface area contributed by atoms with Gasteiger partial charge in [0.1, 0.15) is 17.2 Å². The van der Waals surface area contributed by atoms with Crippen LogP contribution in [0.5, 0.6) is 17.2 Å². The number of Topliss-reactive ketones (excluding diaryl/α,β-unsaturated/α-hetero) is 1. The van der Waals surface area contributed by atoms with Crippen LogP contribution in [-0.4, -0.2) is 71.0 Å². The summed E-state index contributed by atoms with van der Waals surface area (Å²) in [5.41, 5.74) is 2.26. The molecule has 0 atom stereocenters. The van der Waals surface area contributed by atoms with Gasteiger partial charge in [-0.2, -0.15) is 0 Å². The highest BCUT2D eigenvalue weighted by atomic mass is 16.5. The summed E-state index contributed by atoms with van der Waals surface area (Å²) in [4.78, 5) is 30.5. The Labute approximate surface area is 234 Å². The number of phenolic OH excluding ortho intramolecular Hbond substituents is 1. The maximum Gasteiger partial charge on any atom is 0.336 e. The fourth-order valence-corrected chi connectivity index (χ4v) is 5.65. The number of phenols is 1. The van der Waals surface area contributed by atoms with Gasteiger partial charge in [-0.05, 0) is 53.9 Å². The minimum Gasteiger partial charge on any atom is -0.508 e. The Balaban J connectivity index is 1.38. The first-order chi connectivity index (χ1) is 19.2. The van der Waals surface area contributed by atoms with Crippen molar-refractivity contribution >= 4 is 23.9 Å². The molecule has 0 aromatic heterocycles. The summed E-state index contributed by atoms with van der Waals surface area (Å²) in [6, 6.07) is 15.2. The smallest absolute Gasteiger partial charge is 0.336 e. The number of carboxylic acid groups (broad SMARTS) is 1. The molecule has 1 fully saturated rings. The summed E-state index contributed by atoms with van der Waals surface area (Å²) in [6.07, 6.45) is 1.10. The van der Waals surface area contributed by atoms with E-state index in [1.165, 1.54) is 12.1 Å². The molecule has 1 saturated heterocycles. The number of carbonyl (C=O) groups is 2. The number of rotatable bonds is 9. The van der Waals surface area contributed by atoms with Crippen molar-refractivity contribution in [1.82, 2.24) is 9.80 Å². The monoisotopic (exact) mass is 540 g/mol. The predicted molar refractivity (Wildman–Crippen MR) is 156 cm³/mol. The molecule has 7 nitrogen and oxygen atoms in total. The lowest BCUT2D eigenvalue weighted by Gasteiger charge is -2.35. The van der Waals surface area contributed by atoms with Gasteiger partial charge in [0.15, 0.2) is 5.78 Å². The summed E-state index contributed by atoms with van der Waals surface area (Å²) in [5.74, 6) is 0.492. The molecule has 7 heteroatoms. The number of carboxylic acids is 1. The van der Waals surface area contributed by atoms with Gasteiger partial charge in [-0.25, -0.2) is 4.79 Å². The molecule has 0 saturated carbocycles. The van der Waals surface area contributed by atoms with Crippen LogP contribution in [0.25, 0.3) is 12.2 Å². The van der Waals surface area contributed by atoms with Gasteiger partial charge in [0.25, 0.3) is 0 Å². The Bertz CT molecular complexity index is 1550. The molecule has 0 aliphatic carbocycles. The van der Waals surface area contributed by atoms with Crippen LogP contribution in [0.2, 0.25) is 0 Å². The van der Waals surface area contributed by atoms with Gasteiger partial charge in [-0.1, -0.05) is 44.7 Å². The van der Waals surface area contributed by atoms with Crippen molar-refractivity contribution in [3.05, 3.63) is 87.3 Å². The zero-order valence-electron chi connectivity index (χ0n) is 23.2. The second-order valence-electron chi connectivity index (χ2n) is 11.1. The van der Waals surface area contributed by atoms with Crippen molar-refractivity contribution < 1.29 is 24.5 Å². The van der Waals surface area contributed by atoms with E-state index in [2.05, 4.69) is 30.2 Å². The van der Waals surface area contributed by atoms with E-state index in [4.69, 9.17) is 4.74 Å². The molecule has 2 heterocycles. The molecule has 0 bridgehead atoms. The van der Waals surface area contributed by atoms with Gasteiger partial charge in [0.05, 0.1) is 5.56 Å². The van der Waals surface area contributed by atoms with E-state index >= 15 is 0 Å². The SMILES string of the molecule is C=c1ccc2c(c1)Oc1cc(O)ccc1C=2c1ccc(C(=O)CCCN2CCN(CC(C)C)CC2)cc1C(=O)O. The van der Waals surface area contributed by atoms with E-state index in [-0.39, 0.29) is 17.1 Å². The van der Waals surface area contributed by atoms with Crippen LogP contribution in [0, 0.1) is 5.92 Å². The third-order valence-electron chi connectivity index (χ3n) is 7.58. The second-order valence-corrected chi connectivity index (χ2v) is 11.1. The number of nitrogens with zero attached hydrogens (tertiary/aromatic N) is 2. The van der Waals surface area contributed by atoms with Crippen LogP contribution >= 0.6 is 0 Å². The largest absolute Gasteiger partial charge is 0.508 e. The van der Waals surface area contributed by atoms with Crippen LogP contribution < -0.4 is 15.2 Å². The Morgan fingerprint density at radius 1 is 0.925 bits per heavy atom. The number of aromatic carboxylic acids is 1. The average molecular weight is 541 g/mol. The average Bonchev–Trinajstić information content (AvgIpc) is 2.92. The van der Waals surface area contributed by atoms with Crippen LogP contribution in [0.3, 0.4) is 0 Å². The van der Waals surface area contributed by atoms with Gasteiger partial charge in [0, 0.05) is 67.1 Å². The molecule has 0 unspecified atom stereocenters. The van der Waals surface area contributed by atoms with Crippen molar-refractivity contribution in [2.24, 2.45) is 5.92 Å². The predicted octanol–water partition coefficient (Wildman–Crippen LogP) is 4.09. The molecular weight excluding hydrogens is 504 g/mol. The zero-order chi connectivity index (χ0) is 28.4. The van der Waals surface area contributed by atoms with E-state index in [1.54, 1.807) is 30.3 Å². The molecule has 40 heavy (non-hydrogen) atoms. The first kappa shape index (κ1) is 27.6. The standard InChI is InChI=1S/C33H36N2O5/c1-21(2)20-35-15-13-34(14-16-35)12-4-5-29(37)23-7-10-25(28(18-23)33(38)39)32-26-9-6-22(3)17-30(26)40-31-19-24(36)8-11-27(31)32/h6-11,17-19,21,36H,3-5,12-16,20H2,1-2H3,(H,38,39). The van der Waals surface area contributed by atoms with Gasteiger partial charge < -0.3 is 24.7 Å². The summed E-state index contributed by atoms with van der Waals surface area (Å²) in [5, 5.41) is 21.7. The van der Waals surface area contributed by atoms with E-state index in [0.29, 0.717) is 46.1 Å². The maximum absolute atomic E-state index is 13.1. The highest BCUT2D eigenvalue weighted by Crippen LogP contribution is 2.39. The van der Waals surface area contributed by atoms with Gasteiger partial charge in [-0.3, -0.25) is 4.79 Å². The summed E-state index contributed by atoms with van der Waals surface area (Å²) in [7, 11) is 0. The van der Waals surface area contributed by atoms with Crippen LogP contribution in [0.1, 0.15) is 58.5 Å². The Morgan fingerprint density at radius 3 is 2.38 bits per heavy atom. The molecule has 0 amide bonds. The fraction of sp³-hybridized carbons (Fsp3) is 0.333. The number of benzene rings is 3. The summed E-state index contributed by atoms with van der Waals surface area (Å²) in [6.45, 7) is 14.6. The lowest BCUT2D eigenvalue weighted by atomic mass is 9.88. The minimum atomic E-state index is -1.11. The van der Waals surface area contributed by atoms with Gasteiger partial charge in [0.2, 0.25) is 0 Å². The zero-order valence-corrected chi connectivity index (χ0v) is 23.2. The third kappa shape index (κ3) is 5.96. The number of ether oxygens (including phenoxy) is 1. The van der Waals surface area contributed by atoms with Gasteiger partial charge >= 0.3 is 5.97 Å². The van der Waals surface area contributed by atoms with Crippen molar-refractivity contribution in [3.8, 4) is 17.2 Å². The Kier molecular flexibility index (Phi) is 8.05. The lowest BCUT2D eigenvalue weighted by molar-refractivity contribution is 0.0696. The number of hydrogen-bond acceptors (Lipinski definition) is 6. The number of carbonyl (C=O) groups excluding carboxylic acids is 1. The van der Waals surface area contributed by atoms with Crippen molar-refractivity contribution in [1.29, 1.82) is 0 Å². The molecule has 2 aliphatic heterocycles. The number of fused-ring (bicyclic) bond motifs is 2. The Morgan fingerprint density at radius 2 is 1.65 bits per heavy atom. The summed E-state index contributed by atoms with van der Waals surface area (Å²) >= 11 is 0. The number of ketones is 1. The van der Waals surface area contributed by atoms with Gasteiger partial charge in [-0.15, -0.1) is 0 Å². The molecule has 2 N–H and O–H groups in total. The quantitative estimate of drug-likeness (QED) is 0.309. The van der Waals surface area contributed by atoms with Crippen molar-refractivity contribution in [3.63, 3.8) is 0 Å². The highest BCUT2D eigenvalue weighted by molar-refractivity contribution is 6.03. The van der Waals surface area contributed by atoms with Crippen LogP contribution in [0.4, 0.5) is 0 Å². The topological polar surface area (TPSA) is 90.3 Å². The van der Waals surface area contributed by atoms with Crippen LogP contribution in [0.15, 0.2) is 54.6 Å². The molecule has 0 radical (unpaired) electrons. The first-order valence-corrected chi connectivity index (χ1v) is 13.9. The fourth-order valence-electron chi connectivity index (χ4n) is 5.65. The van der Waals surface area contributed by atoms with E-state index in [9.17, 15) is 19.8 Å². The highest BCUT2D eigenvalue weighted by Gasteiger charge is 2.25. The molecule has 0 spiro atoms. The number of aromatic hydroxyl groups is 1. The summed E-state index contributed by atoms with van der Waals surface area (Å²) < 4.78 is 6.04. The van der Waals surface area contributed by atoms with E-state index in [0.717, 1.165) is 56.1 Å². The number of piperazine rings is 1. The second kappa shape index (κ2) is 11.7. The lowest BCUT2D eigenvalue weighted by Crippen LogP contribution is -2.47. The molecule has 2 aliphatic rings. The van der Waals surface area contributed by atoms with Crippen molar-refractivity contribution in [2.45, 2.75) is 26.7 Å². The number of hydrogen-bond donors (Lipinski definition) is 2.